The van der Waals surface area contributed by atoms with Gasteiger partial charge in [0.25, 0.3) is 11.6 Å². The minimum Gasteiger partial charge on any atom is -0.486 e. The first-order valence-electron chi connectivity index (χ1n) is 9.02. The fraction of sp³-hybridized carbons (Fsp3) is 0.190. The number of carbonyl (C=O) groups is 1. The molecule has 7 nitrogen and oxygen atoms in total. The summed E-state index contributed by atoms with van der Waals surface area (Å²) >= 11 is 5.78. The molecule has 1 amide bonds. The molecule has 0 fully saturated rings. The van der Waals surface area contributed by atoms with Crippen LogP contribution < -0.4 is 10.1 Å². The second kappa shape index (κ2) is 9.25. The van der Waals surface area contributed by atoms with Crippen LogP contribution in [0, 0.1) is 10.1 Å². The van der Waals surface area contributed by atoms with Crippen LogP contribution in [0.25, 0.3) is 0 Å². The van der Waals surface area contributed by atoms with E-state index < -0.39 is 10.8 Å². The van der Waals surface area contributed by atoms with Crippen LogP contribution in [0.3, 0.4) is 0 Å². The van der Waals surface area contributed by atoms with Crippen molar-refractivity contribution in [3.05, 3.63) is 86.8 Å². The number of benzene rings is 2. The summed E-state index contributed by atoms with van der Waals surface area (Å²) in [7, 11) is 0. The molecule has 1 aromatic heterocycles. The number of hydrogen-bond acceptors (Lipinski definition) is 5. The lowest BCUT2D eigenvalue weighted by atomic mass is 10.1. The van der Waals surface area contributed by atoms with Gasteiger partial charge in [0.2, 0.25) is 0 Å². The largest absolute Gasteiger partial charge is 0.486 e. The molecule has 0 saturated heterocycles. The van der Waals surface area contributed by atoms with Crippen molar-refractivity contribution in [3.8, 4) is 5.75 Å². The highest BCUT2D eigenvalue weighted by molar-refractivity contribution is 6.31. The second-order valence-electron chi connectivity index (χ2n) is 6.32. The lowest BCUT2D eigenvalue weighted by molar-refractivity contribution is -0.383. The molecule has 1 heterocycles. The Morgan fingerprint density at radius 2 is 1.93 bits per heavy atom. The Hall–Kier alpha value is -3.32. The molecular formula is C21H19ClN2O5. The van der Waals surface area contributed by atoms with E-state index in [9.17, 15) is 14.9 Å². The van der Waals surface area contributed by atoms with Gasteiger partial charge in [-0.15, -0.1) is 0 Å². The van der Waals surface area contributed by atoms with Crippen LogP contribution in [0.15, 0.2) is 59.0 Å². The standard InChI is InChI=1S/C21H19ClN2O5/c1-2-3-14-4-7-16(8-5-14)28-13-17-9-11-20(29-17)21(25)23-18-10-6-15(22)12-19(18)24(26)27/h4-12H,2-3,13H2,1H3,(H,23,25). The number of anilines is 1. The highest BCUT2D eigenvalue weighted by atomic mass is 35.5. The van der Waals surface area contributed by atoms with E-state index in [4.69, 9.17) is 20.8 Å². The smallest absolute Gasteiger partial charge is 0.294 e. The van der Waals surface area contributed by atoms with Crippen molar-refractivity contribution in [3.63, 3.8) is 0 Å². The summed E-state index contributed by atoms with van der Waals surface area (Å²) in [5.41, 5.74) is 0.978. The van der Waals surface area contributed by atoms with Crippen molar-refractivity contribution in [2.45, 2.75) is 26.4 Å². The summed E-state index contributed by atoms with van der Waals surface area (Å²) in [6.07, 6.45) is 2.10. The van der Waals surface area contributed by atoms with Crippen molar-refractivity contribution >= 4 is 28.9 Å². The van der Waals surface area contributed by atoms with Crippen molar-refractivity contribution < 1.29 is 18.9 Å². The first kappa shape index (κ1) is 20.4. The Labute approximate surface area is 172 Å². The molecule has 0 unspecified atom stereocenters. The van der Waals surface area contributed by atoms with Gasteiger partial charge in [0.1, 0.15) is 23.8 Å². The number of nitro groups is 1. The van der Waals surface area contributed by atoms with E-state index >= 15 is 0 Å². The topological polar surface area (TPSA) is 94.6 Å². The van der Waals surface area contributed by atoms with E-state index in [2.05, 4.69) is 12.2 Å². The van der Waals surface area contributed by atoms with Gasteiger partial charge in [-0.25, -0.2) is 0 Å². The van der Waals surface area contributed by atoms with Gasteiger partial charge < -0.3 is 14.5 Å². The minimum atomic E-state index is -0.616. The SMILES string of the molecule is CCCc1ccc(OCc2ccc(C(=O)Nc3ccc(Cl)cc3[N+](=O)[O-])o2)cc1. The zero-order valence-corrected chi connectivity index (χ0v) is 16.4. The monoisotopic (exact) mass is 414 g/mol. The predicted molar refractivity (Wildman–Crippen MR) is 110 cm³/mol. The number of furan rings is 1. The summed E-state index contributed by atoms with van der Waals surface area (Å²) in [6, 6.07) is 14.9. The van der Waals surface area contributed by atoms with Gasteiger partial charge in [-0.1, -0.05) is 37.1 Å². The molecule has 1 N–H and O–H groups in total. The molecule has 8 heteroatoms. The number of halogens is 1. The number of nitrogens with zero attached hydrogens (tertiary/aromatic N) is 1. The van der Waals surface area contributed by atoms with E-state index in [1.807, 2.05) is 24.3 Å². The quantitative estimate of drug-likeness (QED) is 0.381. The van der Waals surface area contributed by atoms with Gasteiger partial charge in [-0.3, -0.25) is 14.9 Å². The first-order valence-corrected chi connectivity index (χ1v) is 9.40. The molecule has 2 aromatic carbocycles. The Morgan fingerprint density at radius 1 is 1.17 bits per heavy atom. The van der Waals surface area contributed by atoms with Crippen LogP contribution in [-0.4, -0.2) is 10.8 Å². The number of nitro benzene ring substituents is 1. The maximum Gasteiger partial charge on any atom is 0.294 e. The molecule has 3 aromatic rings. The molecule has 0 bridgehead atoms. The molecule has 0 saturated carbocycles. The molecule has 29 heavy (non-hydrogen) atoms. The Balaban J connectivity index is 1.62. The molecule has 0 aliphatic rings. The zero-order chi connectivity index (χ0) is 20.8. The zero-order valence-electron chi connectivity index (χ0n) is 15.7. The van der Waals surface area contributed by atoms with Crippen molar-refractivity contribution in [1.82, 2.24) is 0 Å². The molecule has 3 rings (SSSR count). The van der Waals surface area contributed by atoms with Crippen LogP contribution in [0.4, 0.5) is 11.4 Å². The highest BCUT2D eigenvalue weighted by Gasteiger charge is 2.19. The Bertz CT molecular complexity index is 1010. The van der Waals surface area contributed by atoms with Crippen LogP contribution in [-0.2, 0) is 13.0 Å². The average Bonchev–Trinajstić information content (AvgIpc) is 3.18. The van der Waals surface area contributed by atoms with Crippen LogP contribution in [0.5, 0.6) is 5.75 Å². The lowest BCUT2D eigenvalue weighted by Gasteiger charge is -2.06. The fourth-order valence-electron chi connectivity index (χ4n) is 2.72. The Morgan fingerprint density at radius 3 is 2.62 bits per heavy atom. The maximum absolute atomic E-state index is 12.4. The van der Waals surface area contributed by atoms with Gasteiger partial charge in [0.15, 0.2) is 5.76 Å². The van der Waals surface area contributed by atoms with Crippen LogP contribution >= 0.6 is 11.6 Å². The summed E-state index contributed by atoms with van der Waals surface area (Å²) in [6.45, 7) is 2.28. The van der Waals surface area contributed by atoms with E-state index in [-0.39, 0.29) is 28.8 Å². The number of nitrogens with one attached hydrogen (secondary N) is 1. The van der Waals surface area contributed by atoms with Gasteiger partial charge in [-0.05, 0) is 48.4 Å². The van der Waals surface area contributed by atoms with Crippen molar-refractivity contribution in [2.75, 3.05) is 5.32 Å². The third-order valence-electron chi connectivity index (χ3n) is 4.13. The molecule has 0 atom stereocenters. The van der Waals surface area contributed by atoms with Crippen LogP contribution in [0.1, 0.15) is 35.2 Å². The minimum absolute atomic E-state index is 0.0196. The average molecular weight is 415 g/mol. The fourth-order valence-corrected chi connectivity index (χ4v) is 2.88. The summed E-state index contributed by atoms with van der Waals surface area (Å²) in [5.74, 6) is 0.569. The number of aryl methyl sites for hydroxylation is 1. The highest BCUT2D eigenvalue weighted by Crippen LogP contribution is 2.28. The number of ether oxygens (including phenoxy) is 1. The number of amides is 1. The molecular weight excluding hydrogens is 396 g/mol. The van der Waals surface area contributed by atoms with E-state index in [0.29, 0.717) is 11.5 Å². The van der Waals surface area contributed by atoms with Gasteiger partial charge in [0, 0.05) is 11.1 Å². The molecule has 0 aliphatic heterocycles. The first-order chi connectivity index (χ1) is 14.0. The number of carbonyl (C=O) groups excluding carboxylic acids is 1. The van der Waals surface area contributed by atoms with Crippen molar-refractivity contribution in [2.24, 2.45) is 0 Å². The maximum atomic E-state index is 12.4. The molecule has 150 valence electrons. The second-order valence-corrected chi connectivity index (χ2v) is 6.76. The van der Waals surface area contributed by atoms with E-state index in [1.54, 1.807) is 6.07 Å². The van der Waals surface area contributed by atoms with Crippen LogP contribution in [0.2, 0.25) is 5.02 Å². The van der Waals surface area contributed by atoms with Crippen molar-refractivity contribution in [1.29, 1.82) is 0 Å². The normalized spacial score (nSPS) is 10.6. The van der Waals surface area contributed by atoms with E-state index in [1.165, 1.54) is 29.8 Å². The molecule has 0 radical (unpaired) electrons. The van der Waals surface area contributed by atoms with E-state index in [0.717, 1.165) is 12.8 Å². The molecule has 0 spiro atoms. The predicted octanol–water partition coefficient (Wildman–Crippen LogP) is 5.63. The third kappa shape index (κ3) is 5.36. The van der Waals surface area contributed by atoms with Gasteiger partial charge >= 0.3 is 0 Å². The Kier molecular flexibility index (Phi) is 6.51. The summed E-state index contributed by atoms with van der Waals surface area (Å²) in [4.78, 5) is 22.9. The van der Waals surface area contributed by atoms with Gasteiger partial charge in [0.05, 0.1) is 4.92 Å². The lowest BCUT2D eigenvalue weighted by Crippen LogP contribution is -2.12. The number of rotatable bonds is 8. The third-order valence-corrected chi connectivity index (χ3v) is 4.37. The van der Waals surface area contributed by atoms with Gasteiger partial charge in [-0.2, -0.15) is 0 Å². The number of hydrogen-bond donors (Lipinski definition) is 1. The summed E-state index contributed by atoms with van der Waals surface area (Å²) < 4.78 is 11.2. The summed E-state index contributed by atoms with van der Waals surface area (Å²) in [5, 5.41) is 13.8. The molecule has 0 aliphatic carbocycles.